The molecular formula is C18H15FN2O2S. The number of hydrogen-bond acceptors (Lipinski definition) is 4. The van der Waals surface area contributed by atoms with Crippen LogP contribution in [-0.4, -0.2) is 18.0 Å². The molecule has 0 bridgehead atoms. The lowest BCUT2D eigenvalue weighted by molar-refractivity contribution is 0.100. The quantitative estimate of drug-likeness (QED) is 0.694. The number of hydrogen-bond donors (Lipinski definition) is 0. The maximum atomic E-state index is 13.1. The average Bonchev–Trinajstić information content (AvgIpc) is 3.04. The lowest BCUT2D eigenvalue weighted by atomic mass is 10.2. The molecule has 3 aromatic rings. The number of pyridine rings is 1. The van der Waals surface area contributed by atoms with Gasteiger partial charge in [-0.05, 0) is 43.3 Å². The molecule has 0 saturated carbocycles. The molecule has 0 N–H and O–H groups in total. The van der Waals surface area contributed by atoms with Gasteiger partial charge in [-0.3, -0.25) is 9.69 Å². The maximum Gasteiger partial charge on any atom is 0.272 e. The predicted octanol–water partition coefficient (Wildman–Crippen LogP) is 4.62. The van der Waals surface area contributed by atoms with E-state index in [9.17, 15) is 9.18 Å². The van der Waals surface area contributed by atoms with Gasteiger partial charge >= 0.3 is 0 Å². The fourth-order valence-corrected chi connectivity index (χ4v) is 3.29. The van der Waals surface area contributed by atoms with Gasteiger partial charge in [0.05, 0.1) is 17.4 Å². The number of halogens is 1. The van der Waals surface area contributed by atoms with E-state index in [0.717, 1.165) is 10.2 Å². The SMILES string of the molecule is C/C=C\N(C(=O)c1cc2c(OC)ccnc2s1)c1ccc(F)cc1. The van der Waals surface area contributed by atoms with Gasteiger partial charge in [0, 0.05) is 18.1 Å². The number of thiophene rings is 1. The minimum atomic E-state index is -0.345. The summed E-state index contributed by atoms with van der Waals surface area (Å²) in [6, 6.07) is 9.32. The first-order chi connectivity index (χ1) is 11.6. The van der Waals surface area contributed by atoms with Gasteiger partial charge in [-0.15, -0.1) is 11.3 Å². The molecule has 0 fully saturated rings. The Bertz CT molecular complexity index is 903. The number of amides is 1. The van der Waals surface area contributed by atoms with Crippen LogP contribution in [0.25, 0.3) is 10.2 Å². The van der Waals surface area contributed by atoms with Crippen molar-refractivity contribution in [2.75, 3.05) is 12.0 Å². The van der Waals surface area contributed by atoms with E-state index in [4.69, 9.17) is 4.74 Å². The Labute approximate surface area is 142 Å². The van der Waals surface area contributed by atoms with Gasteiger partial charge in [0.1, 0.15) is 16.4 Å². The van der Waals surface area contributed by atoms with Crippen molar-refractivity contribution in [3.05, 3.63) is 65.6 Å². The molecule has 0 radical (unpaired) electrons. The first kappa shape index (κ1) is 16.1. The van der Waals surface area contributed by atoms with Crippen molar-refractivity contribution in [3.8, 4) is 5.75 Å². The van der Waals surface area contributed by atoms with Gasteiger partial charge in [0.2, 0.25) is 0 Å². The number of carbonyl (C=O) groups excluding carboxylic acids is 1. The molecule has 0 aliphatic heterocycles. The second-order valence-electron chi connectivity index (χ2n) is 4.98. The molecule has 6 heteroatoms. The van der Waals surface area contributed by atoms with Gasteiger partial charge in [-0.1, -0.05) is 6.08 Å². The zero-order valence-corrected chi connectivity index (χ0v) is 14.0. The lowest BCUT2D eigenvalue weighted by Gasteiger charge is -2.17. The molecule has 24 heavy (non-hydrogen) atoms. The van der Waals surface area contributed by atoms with Crippen LogP contribution in [0.15, 0.2) is 54.9 Å². The Morgan fingerprint density at radius 1 is 1.29 bits per heavy atom. The Hall–Kier alpha value is -2.73. The molecule has 0 atom stereocenters. The van der Waals surface area contributed by atoms with Crippen LogP contribution in [0.3, 0.4) is 0 Å². The summed E-state index contributed by atoms with van der Waals surface area (Å²) >= 11 is 1.30. The highest BCUT2D eigenvalue weighted by Gasteiger charge is 2.19. The molecule has 2 aromatic heterocycles. The number of allylic oxidation sites excluding steroid dienone is 1. The number of benzene rings is 1. The summed E-state index contributed by atoms with van der Waals surface area (Å²) in [6.07, 6.45) is 5.06. The van der Waals surface area contributed by atoms with Gasteiger partial charge in [-0.25, -0.2) is 9.37 Å². The van der Waals surface area contributed by atoms with E-state index in [0.29, 0.717) is 16.3 Å². The van der Waals surface area contributed by atoms with E-state index in [1.807, 2.05) is 6.92 Å². The van der Waals surface area contributed by atoms with E-state index < -0.39 is 0 Å². The molecule has 122 valence electrons. The highest BCUT2D eigenvalue weighted by Crippen LogP contribution is 2.32. The van der Waals surface area contributed by atoms with E-state index in [1.54, 1.807) is 49.8 Å². The van der Waals surface area contributed by atoms with Crippen LogP contribution in [-0.2, 0) is 0 Å². The predicted molar refractivity (Wildman–Crippen MR) is 94.2 cm³/mol. The Kier molecular flexibility index (Phi) is 4.57. The van der Waals surface area contributed by atoms with Crippen molar-refractivity contribution in [2.45, 2.75) is 6.92 Å². The summed E-state index contributed by atoms with van der Waals surface area (Å²) in [7, 11) is 1.58. The zero-order chi connectivity index (χ0) is 17.1. The van der Waals surface area contributed by atoms with E-state index in [2.05, 4.69) is 4.98 Å². The van der Waals surface area contributed by atoms with Crippen LogP contribution in [0.5, 0.6) is 5.75 Å². The van der Waals surface area contributed by atoms with E-state index in [-0.39, 0.29) is 11.7 Å². The number of fused-ring (bicyclic) bond motifs is 1. The molecule has 0 unspecified atom stereocenters. The molecule has 2 heterocycles. The van der Waals surface area contributed by atoms with Gasteiger partial charge in [0.15, 0.2) is 0 Å². The summed E-state index contributed by atoms with van der Waals surface area (Å²) in [5.41, 5.74) is 0.594. The van der Waals surface area contributed by atoms with Crippen LogP contribution in [0.2, 0.25) is 0 Å². The Morgan fingerprint density at radius 3 is 2.71 bits per heavy atom. The Morgan fingerprint density at radius 2 is 2.04 bits per heavy atom. The summed E-state index contributed by atoms with van der Waals surface area (Å²) in [6.45, 7) is 1.82. The molecule has 1 aromatic carbocycles. The summed E-state index contributed by atoms with van der Waals surface area (Å²) in [4.78, 5) is 19.9. The van der Waals surface area contributed by atoms with Gasteiger partial charge in [0.25, 0.3) is 5.91 Å². The molecule has 0 aliphatic carbocycles. The number of rotatable bonds is 4. The van der Waals surface area contributed by atoms with Crippen molar-refractivity contribution in [3.63, 3.8) is 0 Å². The summed E-state index contributed by atoms with van der Waals surface area (Å²) < 4.78 is 18.5. The van der Waals surface area contributed by atoms with Crippen molar-refractivity contribution < 1.29 is 13.9 Å². The molecule has 1 amide bonds. The molecular weight excluding hydrogens is 327 g/mol. The van der Waals surface area contributed by atoms with Crippen LogP contribution in [0.4, 0.5) is 10.1 Å². The highest BCUT2D eigenvalue weighted by molar-refractivity contribution is 7.20. The number of aromatic nitrogens is 1. The molecule has 0 saturated heterocycles. The minimum Gasteiger partial charge on any atom is -0.496 e. The number of nitrogens with zero attached hydrogens (tertiary/aromatic N) is 2. The van der Waals surface area contributed by atoms with Crippen LogP contribution in [0, 0.1) is 5.82 Å². The highest BCUT2D eigenvalue weighted by atomic mass is 32.1. The molecule has 0 spiro atoms. The largest absolute Gasteiger partial charge is 0.496 e. The monoisotopic (exact) mass is 342 g/mol. The van der Waals surface area contributed by atoms with Crippen molar-refractivity contribution in [1.82, 2.24) is 4.98 Å². The second kappa shape index (κ2) is 6.80. The summed E-state index contributed by atoms with van der Waals surface area (Å²) in [5, 5.41) is 0.799. The van der Waals surface area contributed by atoms with E-state index >= 15 is 0 Å². The third-order valence-electron chi connectivity index (χ3n) is 3.45. The number of methoxy groups -OCH3 is 1. The minimum absolute atomic E-state index is 0.204. The summed E-state index contributed by atoms with van der Waals surface area (Å²) in [5.74, 6) is 0.127. The van der Waals surface area contributed by atoms with Crippen LogP contribution < -0.4 is 9.64 Å². The van der Waals surface area contributed by atoms with Crippen LogP contribution >= 0.6 is 11.3 Å². The molecule has 0 aliphatic rings. The van der Waals surface area contributed by atoms with Crippen molar-refractivity contribution in [1.29, 1.82) is 0 Å². The van der Waals surface area contributed by atoms with Crippen molar-refractivity contribution >= 4 is 33.1 Å². The van der Waals surface area contributed by atoms with Gasteiger partial charge in [-0.2, -0.15) is 0 Å². The number of anilines is 1. The third-order valence-corrected chi connectivity index (χ3v) is 4.48. The smallest absolute Gasteiger partial charge is 0.272 e. The fraction of sp³-hybridized carbons (Fsp3) is 0.111. The lowest BCUT2D eigenvalue weighted by Crippen LogP contribution is -2.24. The van der Waals surface area contributed by atoms with E-state index in [1.165, 1.54) is 28.4 Å². The third kappa shape index (κ3) is 3.00. The standard InChI is InChI=1S/C18H15FN2O2S/c1-3-10-21(13-6-4-12(19)5-7-13)18(22)16-11-14-15(23-2)8-9-20-17(14)24-16/h3-11H,1-2H3/b10-3-. The number of carbonyl (C=O) groups is 1. The first-order valence-electron chi connectivity index (χ1n) is 7.28. The normalized spacial score (nSPS) is 11.1. The van der Waals surface area contributed by atoms with Crippen LogP contribution in [0.1, 0.15) is 16.6 Å². The molecule has 3 rings (SSSR count). The Balaban J connectivity index is 2.03. The first-order valence-corrected chi connectivity index (χ1v) is 8.10. The fourth-order valence-electron chi connectivity index (χ4n) is 2.34. The molecule has 4 nitrogen and oxygen atoms in total. The zero-order valence-electron chi connectivity index (χ0n) is 13.2. The van der Waals surface area contributed by atoms with Crippen molar-refractivity contribution in [2.24, 2.45) is 0 Å². The maximum absolute atomic E-state index is 13.1. The topological polar surface area (TPSA) is 42.4 Å². The second-order valence-corrected chi connectivity index (χ2v) is 6.01. The van der Waals surface area contributed by atoms with Gasteiger partial charge < -0.3 is 4.74 Å². The average molecular weight is 342 g/mol. The number of ether oxygens (including phenoxy) is 1.